The standard InChI is InChI=1S/C13H13N/c1-3-7-10-11-8-5-6-9-13(11)14-12(10)4-2/h3-9,14H,1H2,2H3/b10-7-,12-4+. The zero-order chi connectivity index (χ0) is 9.97. The second-order valence-corrected chi connectivity index (χ2v) is 3.19. The first-order valence-corrected chi connectivity index (χ1v) is 4.72. The van der Waals surface area contributed by atoms with E-state index in [1.54, 1.807) is 0 Å². The minimum Gasteiger partial charge on any atom is -0.355 e. The van der Waals surface area contributed by atoms with Crippen molar-refractivity contribution in [3.8, 4) is 0 Å². The molecule has 0 aliphatic rings. The molecule has 0 aliphatic carbocycles. The van der Waals surface area contributed by atoms with Crippen molar-refractivity contribution in [1.82, 2.24) is 4.98 Å². The molecule has 0 spiro atoms. The average Bonchev–Trinajstić information content (AvgIpc) is 2.58. The zero-order valence-corrected chi connectivity index (χ0v) is 8.25. The highest BCUT2D eigenvalue weighted by atomic mass is 14.7. The Kier molecular flexibility index (Phi) is 2.23. The summed E-state index contributed by atoms with van der Waals surface area (Å²) in [5.74, 6) is 0. The Hall–Kier alpha value is -1.76. The van der Waals surface area contributed by atoms with Gasteiger partial charge in [0.25, 0.3) is 0 Å². The van der Waals surface area contributed by atoms with Crippen LogP contribution in [0.5, 0.6) is 0 Å². The number of H-pyrrole nitrogens is 1. The summed E-state index contributed by atoms with van der Waals surface area (Å²) < 4.78 is 0. The number of aromatic nitrogens is 1. The molecule has 1 aromatic heterocycles. The third-order valence-electron chi connectivity index (χ3n) is 2.35. The van der Waals surface area contributed by atoms with Crippen LogP contribution in [0.15, 0.2) is 36.9 Å². The van der Waals surface area contributed by atoms with Crippen LogP contribution in [-0.4, -0.2) is 4.98 Å². The van der Waals surface area contributed by atoms with Gasteiger partial charge in [0.15, 0.2) is 0 Å². The van der Waals surface area contributed by atoms with E-state index in [2.05, 4.69) is 35.8 Å². The highest BCUT2D eigenvalue weighted by molar-refractivity contribution is 5.81. The van der Waals surface area contributed by atoms with E-state index in [0.29, 0.717) is 0 Å². The van der Waals surface area contributed by atoms with Crippen molar-refractivity contribution in [1.29, 1.82) is 0 Å². The highest BCUT2D eigenvalue weighted by Crippen LogP contribution is 2.03. The SMILES string of the molecule is C=C/C=c1\c(=C/C)[nH]c2ccccc12. The number of allylic oxidation sites excluding steroid dienone is 1. The molecular weight excluding hydrogens is 170 g/mol. The molecule has 0 radical (unpaired) electrons. The first kappa shape index (κ1) is 8.82. The number of benzene rings is 1. The lowest BCUT2D eigenvalue weighted by atomic mass is 10.2. The van der Waals surface area contributed by atoms with Crippen molar-refractivity contribution in [3.63, 3.8) is 0 Å². The first-order chi connectivity index (χ1) is 6.86. The van der Waals surface area contributed by atoms with E-state index in [0.717, 1.165) is 5.35 Å². The predicted octanol–water partition coefficient (Wildman–Crippen LogP) is 1.93. The highest BCUT2D eigenvalue weighted by Gasteiger charge is 1.96. The Morgan fingerprint density at radius 2 is 2.07 bits per heavy atom. The third kappa shape index (κ3) is 1.27. The van der Waals surface area contributed by atoms with Crippen molar-refractivity contribution >= 4 is 23.1 Å². The van der Waals surface area contributed by atoms with Gasteiger partial charge >= 0.3 is 0 Å². The van der Waals surface area contributed by atoms with E-state index in [4.69, 9.17) is 0 Å². The molecule has 70 valence electrons. The molecule has 0 bridgehead atoms. The van der Waals surface area contributed by atoms with Crippen LogP contribution in [0.1, 0.15) is 6.92 Å². The van der Waals surface area contributed by atoms with Crippen LogP contribution in [0.25, 0.3) is 23.1 Å². The van der Waals surface area contributed by atoms with E-state index >= 15 is 0 Å². The molecular formula is C13H13N. The summed E-state index contributed by atoms with van der Waals surface area (Å²) >= 11 is 0. The number of hydrogen-bond donors (Lipinski definition) is 1. The van der Waals surface area contributed by atoms with Gasteiger partial charge in [-0.1, -0.05) is 43.0 Å². The summed E-state index contributed by atoms with van der Waals surface area (Å²) in [6.07, 6.45) is 5.94. The molecule has 2 aromatic rings. The smallest absolute Gasteiger partial charge is 0.0464 e. The minimum atomic E-state index is 1.16. The summed E-state index contributed by atoms with van der Waals surface area (Å²) in [5.41, 5.74) is 1.17. The van der Waals surface area contributed by atoms with Gasteiger partial charge < -0.3 is 4.98 Å². The van der Waals surface area contributed by atoms with Crippen LogP contribution in [-0.2, 0) is 0 Å². The second-order valence-electron chi connectivity index (χ2n) is 3.19. The molecule has 1 heteroatoms. The Labute approximate surface area is 83.1 Å². The van der Waals surface area contributed by atoms with Gasteiger partial charge in [-0.15, -0.1) is 0 Å². The van der Waals surface area contributed by atoms with Crippen molar-refractivity contribution in [3.05, 3.63) is 47.5 Å². The van der Waals surface area contributed by atoms with Crippen LogP contribution in [0.2, 0.25) is 0 Å². The Morgan fingerprint density at radius 1 is 1.29 bits per heavy atom. The lowest BCUT2D eigenvalue weighted by molar-refractivity contribution is 1.35. The van der Waals surface area contributed by atoms with Gasteiger partial charge in [-0.3, -0.25) is 0 Å². The molecule has 0 atom stereocenters. The van der Waals surface area contributed by atoms with Crippen LogP contribution in [0.3, 0.4) is 0 Å². The normalized spacial score (nSPS) is 13.8. The number of hydrogen-bond acceptors (Lipinski definition) is 0. The van der Waals surface area contributed by atoms with Crippen LogP contribution in [0.4, 0.5) is 0 Å². The molecule has 1 heterocycles. The summed E-state index contributed by atoms with van der Waals surface area (Å²) in [5, 5.41) is 3.63. The quantitative estimate of drug-likeness (QED) is 0.695. The fraction of sp³-hybridized carbons (Fsp3) is 0.0769. The lowest BCUT2D eigenvalue weighted by Gasteiger charge is -1.85. The van der Waals surface area contributed by atoms with Gasteiger partial charge in [-0.05, 0) is 13.0 Å². The molecule has 0 saturated heterocycles. The molecule has 0 fully saturated rings. The maximum Gasteiger partial charge on any atom is 0.0464 e. The van der Waals surface area contributed by atoms with Gasteiger partial charge in [0.2, 0.25) is 0 Å². The molecule has 0 aliphatic heterocycles. The van der Waals surface area contributed by atoms with E-state index < -0.39 is 0 Å². The number of fused-ring (bicyclic) bond motifs is 1. The number of para-hydroxylation sites is 1. The molecule has 1 aromatic carbocycles. The van der Waals surface area contributed by atoms with Crippen LogP contribution < -0.4 is 10.6 Å². The average molecular weight is 183 g/mol. The Balaban J connectivity index is 3.04. The zero-order valence-electron chi connectivity index (χ0n) is 8.25. The predicted molar refractivity (Wildman–Crippen MR) is 62.3 cm³/mol. The Morgan fingerprint density at radius 3 is 2.79 bits per heavy atom. The molecule has 0 saturated carbocycles. The largest absolute Gasteiger partial charge is 0.355 e. The molecule has 0 unspecified atom stereocenters. The summed E-state index contributed by atoms with van der Waals surface area (Å²) in [6, 6.07) is 8.29. The second kappa shape index (κ2) is 3.54. The van der Waals surface area contributed by atoms with E-state index in [-0.39, 0.29) is 0 Å². The van der Waals surface area contributed by atoms with Crippen molar-refractivity contribution in [2.75, 3.05) is 0 Å². The van der Waals surface area contributed by atoms with Gasteiger partial charge in [0.1, 0.15) is 0 Å². The Bertz CT molecular complexity index is 573. The van der Waals surface area contributed by atoms with Crippen molar-refractivity contribution in [2.24, 2.45) is 0 Å². The summed E-state index contributed by atoms with van der Waals surface area (Å²) in [6.45, 7) is 5.77. The minimum absolute atomic E-state index is 1.16. The van der Waals surface area contributed by atoms with Gasteiger partial charge in [0, 0.05) is 21.5 Å². The van der Waals surface area contributed by atoms with Gasteiger partial charge in [0.05, 0.1) is 0 Å². The molecule has 14 heavy (non-hydrogen) atoms. The van der Waals surface area contributed by atoms with Crippen LogP contribution in [0, 0.1) is 0 Å². The van der Waals surface area contributed by atoms with Gasteiger partial charge in [-0.25, -0.2) is 0 Å². The lowest BCUT2D eigenvalue weighted by Crippen LogP contribution is -2.21. The maximum absolute atomic E-state index is 3.73. The number of rotatable bonds is 1. The number of aromatic amines is 1. The number of nitrogens with one attached hydrogen (secondary N) is 1. The third-order valence-corrected chi connectivity index (χ3v) is 2.35. The molecule has 1 N–H and O–H groups in total. The van der Waals surface area contributed by atoms with Crippen LogP contribution >= 0.6 is 0 Å². The van der Waals surface area contributed by atoms with E-state index in [9.17, 15) is 0 Å². The molecule has 1 nitrogen and oxygen atoms in total. The summed E-state index contributed by atoms with van der Waals surface area (Å²) in [4.78, 5) is 3.36. The van der Waals surface area contributed by atoms with Crippen molar-refractivity contribution in [2.45, 2.75) is 6.92 Å². The molecule has 2 rings (SSSR count). The topological polar surface area (TPSA) is 15.8 Å². The van der Waals surface area contributed by atoms with E-state index in [1.807, 2.05) is 25.1 Å². The molecule has 0 amide bonds. The van der Waals surface area contributed by atoms with Crippen molar-refractivity contribution < 1.29 is 0 Å². The maximum atomic E-state index is 3.73. The van der Waals surface area contributed by atoms with Gasteiger partial charge in [-0.2, -0.15) is 0 Å². The monoisotopic (exact) mass is 183 g/mol. The van der Waals surface area contributed by atoms with E-state index in [1.165, 1.54) is 16.1 Å². The summed E-state index contributed by atoms with van der Waals surface area (Å²) in [7, 11) is 0. The fourth-order valence-corrected chi connectivity index (χ4v) is 1.71. The first-order valence-electron chi connectivity index (χ1n) is 4.72. The fourth-order valence-electron chi connectivity index (χ4n) is 1.71.